The van der Waals surface area contributed by atoms with E-state index >= 15 is 0 Å². The monoisotopic (exact) mass is 332 g/mol. The lowest BCUT2D eigenvalue weighted by Gasteiger charge is -2.26. The molecule has 0 heterocycles. The SMILES string of the molecule is O=[N+]([O-])c1cc(F)c(Br)cc1NC1CCC(O)CC1. The number of aliphatic hydroxyl groups is 1. The third-order valence-corrected chi connectivity index (χ3v) is 3.90. The quantitative estimate of drug-likeness (QED) is 0.658. The minimum atomic E-state index is -0.656. The van der Waals surface area contributed by atoms with Crippen LogP contribution in [-0.2, 0) is 0 Å². The van der Waals surface area contributed by atoms with Gasteiger partial charge in [0.1, 0.15) is 11.5 Å². The van der Waals surface area contributed by atoms with E-state index in [4.69, 9.17) is 0 Å². The Labute approximate surface area is 118 Å². The Balaban J connectivity index is 2.19. The highest BCUT2D eigenvalue weighted by atomic mass is 79.9. The van der Waals surface area contributed by atoms with E-state index in [2.05, 4.69) is 21.2 Å². The molecule has 0 unspecified atom stereocenters. The number of halogens is 2. The summed E-state index contributed by atoms with van der Waals surface area (Å²) in [6, 6.07) is 2.36. The van der Waals surface area contributed by atoms with Gasteiger partial charge in [-0.15, -0.1) is 0 Å². The zero-order valence-electron chi connectivity index (χ0n) is 10.1. The van der Waals surface area contributed by atoms with E-state index in [1.807, 2.05) is 0 Å². The van der Waals surface area contributed by atoms with Crippen LogP contribution in [0.4, 0.5) is 15.8 Å². The fraction of sp³-hybridized carbons (Fsp3) is 0.500. The van der Waals surface area contributed by atoms with Gasteiger partial charge in [-0.2, -0.15) is 0 Å². The molecular weight excluding hydrogens is 319 g/mol. The van der Waals surface area contributed by atoms with Gasteiger partial charge in [0, 0.05) is 6.04 Å². The summed E-state index contributed by atoms with van der Waals surface area (Å²) < 4.78 is 13.5. The highest BCUT2D eigenvalue weighted by Crippen LogP contribution is 2.32. The number of hydrogen-bond acceptors (Lipinski definition) is 4. The van der Waals surface area contributed by atoms with E-state index in [9.17, 15) is 19.6 Å². The largest absolute Gasteiger partial charge is 0.393 e. The van der Waals surface area contributed by atoms with Gasteiger partial charge in [0.2, 0.25) is 0 Å². The predicted octanol–water partition coefficient (Wildman–Crippen LogP) is 3.21. The number of nitrogens with zero attached hydrogens (tertiary/aromatic N) is 1. The third-order valence-electron chi connectivity index (χ3n) is 3.29. The predicted molar refractivity (Wildman–Crippen MR) is 72.6 cm³/mol. The third kappa shape index (κ3) is 3.42. The van der Waals surface area contributed by atoms with Gasteiger partial charge in [-0.1, -0.05) is 0 Å². The van der Waals surface area contributed by atoms with Crippen LogP contribution >= 0.6 is 15.9 Å². The number of aliphatic hydroxyl groups excluding tert-OH is 1. The molecule has 19 heavy (non-hydrogen) atoms. The van der Waals surface area contributed by atoms with Crippen molar-refractivity contribution in [2.45, 2.75) is 37.8 Å². The number of rotatable bonds is 3. The first kappa shape index (κ1) is 14.2. The van der Waals surface area contributed by atoms with Crippen LogP contribution in [0.5, 0.6) is 0 Å². The molecule has 1 aliphatic carbocycles. The van der Waals surface area contributed by atoms with Crippen molar-refractivity contribution in [2.24, 2.45) is 0 Å². The van der Waals surface area contributed by atoms with Gasteiger partial charge in [-0.25, -0.2) is 4.39 Å². The van der Waals surface area contributed by atoms with Crippen LogP contribution in [0.3, 0.4) is 0 Å². The lowest BCUT2D eigenvalue weighted by Crippen LogP contribution is -2.28. The zero-order valence-corrected chi connectivity index (χ0v) is 11.7. The molecule has 2 N–H and O–H groups in total. The van der Waals surface area contributed by atoms with Crippen molar-refractivity contribution < 1.29 is 14.4 Å². The molecule has 0 bridgehead atoms. The summed E-state index contributed by atoms with van der Waals surface area (Å²) >= 11 is 3.03. The first-order valence-electron chi connectivity index (χ1n) is 6.05. The summed E-state index contributed by atoms with van der Waals surface area (Å²) in [5.41, 5.74) is 0.0338. The molecule has 0 atom stereocenters. The van der Waals surface area contributed by atoms with Crippen LogP contribution in [-0.4, -0.2) is 22.2 Å². The molecule has 0 spiro atoms. The molecule has 0 aromatic heterocycles. The second-order valence-corrected chi connectivity index (χ2v) is 5.54. The van der Waals surface area contributed by atoms with Crippen molar-refractivity contribution in [3.63, 3.8) is 0 Å². The molecule has 5 nitrogen and oxygen atoms in total. The van der Waals surface area contributed by atoms with Crippen molar-refractivity contribution in [3.05, 3.63) is 32.5 Å². The Morgan fingerprint density at radius 2 is 2.00 bits per heavy atom. The second kappa shape index (κ2) is 5.83. The Kier molecular flexibility index (Phi) is 4.36. The topological polar surface area (TPSA) is 75.4 Å². The highest BCUT2D eigenvalue weighted by Gasteiger charge is 2.23. The molecule has 0 saturated heterocycles. The second-order valence-electron chi connectivity index (χ2n) is 4.69. The highest BCUT2D eigenvalue weighted by molar-refractivity contribution is 9.10. The van der Waals surface area contributed by atoms with E-state index in [1.54, 1.807) is 0 Å². The van der Waals surface area contributed by atoms with Gasteiger partial charge in [-0.3, -0.25) is 10.1 Å². The number of anilines is 1. The van der Waals surface area contributed by atoms with Crippen LogP contribution in [0, 0.1) is 15.9 Å². The molecule has 1 aliphatic rings. The number of nitro groups is 1. The number of nitrogens with one attached hydrogen (secondary N) is 1. The van der Waals surface area contributed by atoms with Crippen LogP contribution in [0.1, 0.15) is 25.7 Å². The fourth-order valence-electron chi connectivity index (χ4n) is 2.24. The maximum absolute atomic E-state index is 13.3. The van der Waals surface area contributed by atoms with Gasteiger partial charge in [0.05, 0.1) is 21.6 Å². The molecule has 104 valence electrons. The standard InChI is InChI=1S/C12H14BrFN2O3/c13-9-5-11(12(16(18)19)6-10(9)14)15-7-1-3-8(17)4-2-7/h5-8,15,17H,1-4H2. The smallest absolute Gasteiger partial charge is 0.295 e. The number of nitro benzene ring substituents is 1. The van der Waals surface area contributed by atoms with E-state index in [-0.39, 0.29) is 22.3 Å². The molecule has 7 heteroatoms. The lowest BCUT2D eigenvalue weighted by atomic mass is 9.93. The first-order chi connectivity index (χ1) is 8.97. The molecule has 1 aromatic carbocycles. The average Bonchev–Trinajstić information content (AvgIpc) is 2.36. The summed E-state index contributed by atoms with van der Waals surface area (Å²) in [6.45, 7) is 0. The van der Waals surface area contributed by atoms with Crippen molar-refractivity contribution in [1.29, 1.82) is 0 Å². The summed E-state index contributed by atoms with van der Waals surface area (Å²) in [5, 5.41) is 23.4. The van der Waals surface area contributed by atoms with Gasteiger partial charge in [0.15, 0.2) is 0 Å². The number of benzene rings is 1. The van der Waals surface area contributed by atoms with Crippen molar-refractivity contribution in [1.82, 2.24) is 0 Å². The van der Waals surface area contributed by atoms with Gasteiger partial charge in [0.25, 0.3) is 5.69 Å². The van der Waals surface area contributed by atoms with E-state index in [0.29, 0.717) is 18.5 Å². The van der Waals surface area contributed by atoms with Gasteiger partial charge < -0.3 is 10.4 Å². The van der Waals surface area contributed by atoms with E-state index < -0.39 is 10.7 Å². The maximum Gasteiger partial charge on any atom is 0.295 e. The first-order valence-corrected chi connectivity index (χ1v) is 6.84. The minimum Gasteiger partial charge on any atom is -0.393 e. The Morgan fingerprint density at radius 1 is 1.37 bits per heavy atom. The lowest BCUT2D eigenvalue weighted by molar-refractivity contribution is -0.384. The molecule has 0 aliphatic heterocycles. The number of hydrogen-bond donors (Lipinski definition) is 2. The summed E-state index contributed by atoms with van der Waals surface area (Å²) in [4.78, 5) is 10.3. The Hall–Kier alpha value is -1.21. The molecule has 1 saturated carbocycles. The van der Waals surface area contributed by atoms with Crippen LogP contribution in [0.25, 0.3) is 0 Å². The molecule has 2 rings (SSSR count). The molecule has 1 aromatic rings. The molecular formula is C12H14BrFN2O3. The van der Waals surface area contributed by atoms with Crippen LogP contribution < -0.4 is 5.32 Å². The van der Waals surface area contributed by atoms with E-state index in [0.717, 1.165) is 18.9 Å². The molecule has 0 radical (unpaired) electrons. The van der Waals surface area contributed by atoms with Crippen LogP contribution in [0.15, 0.2) is 16.6 Å². The van der Waals surface area contributed by atoms with Crippen LogP contribution in [0.2, 0.25) is 0 Å². The minimum absolute atomic E-state index is 0.0689. The van der Waals surface area contributed by atoms with E-state index in [1.165, 1.54) is 6.07 Å². The van der Waals surface area contributed by atoms with Crippen molar-refractivity contribution in [2.75, 3.05) is 5.32 Å². The zero-order chi connectivity index (χ0) is 14.0. The Bertz CT molecular complexity index is 490. The van der Waals surface area contributed by atoms with Crippen molar-refractivity contribution in [3.8, 4) is 0 Å². The fourth-order valence-corrected chi connectivity index (χ4v) is 2.59. The molecule has 0 amide bonds. The van der Waals surface area contributed by atoms with Gasteiger partial charge in [-0.05, 0) is 47.7 Å². The molecule has 1 fully saturated rings. The maximum atomic E-state index is 13.3. The van der Waals surface area contributed by atoms with Gasteiger partial charge >= 0.3 is 0 Å². The average molecular weight is 333 g/mol. The summed E-state index contributed by atoms with van der Waals surface area (Å²) in [7, 11) is 0. The normalized spacial score (nSPS) is 23.1. The Morgan fingerprint density at radius 3 is 2.58 bits per heavy atom. The summed E-state index contributed by atoms with van der Waals surface area (Å²) in [5.74, 6) is -0.656. The van der Waals surface area contributed by atoms with Crippen molar-refractivity contribution >= 4 is 27.3 Å². The summed E-state index contributed by atoms with van der Waals surface area (Å²) in [6.07, 6.45) is 2.55.